The van der Waals surface area contributed by atoms with Crippen LogP contribution in [0.3, 0.4) is 0 Å². The van der Waals surface area contributed by atoms with Crippen molar-refractivity contribution in [2.24, 2.45) is 0 Å². The first-order chi connectivity index (χ1) is 8.00. The van der Waals surface area contributed by atoms with Gasteiger partial charge in [0, 0.05) is 6.54 Å². The zero-order valence-electron chi connectivity index (χ0n) is 10.5. The summed E-state index contributed by atoms with van der Waals surface area (Å²) in [4.78, 5) is 0. The summed E-state index contributed by atoms with van der Waals surface area (Å²) < 4.78 is 27.8. The van der Waals surface area contributed by atoms with Crippen LogP contribution in [0, 0.1) is 0 Å². The van der Waals surface area contributed by atoms with Crippen LogP contribution in [-0.2, 0) is 16.6 Å². The third-order valence-electron chi connectivity index (χ3n) is 2.33. The maximum Gasteiger partial charge on any atom is 0.212 e. The van der Waals surface area contributed by atoms with E-state index in [0.29, 0.717) is 12.2 Å². The lowest BCUT2D eigenvalue weighted by Gasteiger charge is -2.14. The fourth-order valence-corrected chi connectivity index (χ4v) is 2.96. The van der Waals surface area contributed by atoms with Crippen molar-refractivity contribution in [3.8, 4) is 0 Å². The molecule has 1 heterocycles. The minimum absolute atomic E-state index is 0.138. The van der Waals surface area contributed by atoms with Crippen LogP contribution in [0.5, 0.6) is 0 Å². The predicted octanol–water partition coefficient (Wildman–Crippen LogP) is 1.08. The highest BCUT2D eigenvalue weighted by Crippen LogP contribution is 2.11. The summed E-state index contributed by atoms with van der Waals surface area (Å²) in [5.74, 6) is 0.797. The van der Waals surface area contributed by atoms with Crippen LogP contribution >= 0.6 is 0 Å². The SMILES string of the molecule is CCCn1cnnc1[C@H](C)NS(=O)(=O)CCC. The van der Waals surface area contributed by atoms with Gasteiger partial charge in [-0.2, -0.15) is 0 Å². The Morgan fingerprint density at radius 2 is 2.12 bits per heavy atom. The van der Waals surface area contributed by atoms with E-state index in [1.54, 1.807) is 13.3 Å². The van der Waals surface area contributed by atoms with Crippen LogP contribution < -0.4 is 4.72 Å². The summed E-state index contributed by atoms with van der Waals surface area (Å²) in [6.07, 6.45) is 3.19. The summed E-state index contributed by atoms with van der Waals surface area (Å²) in [5, 5.41) is 7.78. The molecule has 0 aromatic carbocycles. The molecule has 0 aliphatic heterocycles. The highest BCUT2D eigenvalue weighted by molar-refractivity contribution is 7.89. The number of nitrogens with one attached hydrogen (secondary N) is 1. The van der Waals surface area contributed by atoms with E-state index < -0.39 is 10.0 Å². The highest BCUT2D eigenvalue weighted by atomic mass is 32.2. The molecule has 0 aliphatic carbocycles. The second-order valence-electron chi connectivity index (χ2n) is 4.04. The Morgan fingerprint density at radius 3 is 2.71 bits per heavy atom. The Kier molecular flexibility index (Phi) is 5.07. The van der Waals surface area contributed by atoms with E-state index in [2.05, 4.69) is 21.8 Å². The molecule has 98 valence electrons. The summed E-state index contributed by atoms with van der Waals surface area (Å²) in [7, 11) is -3.22. The summed E-state index contributed by atoms with van der Waals surface area (Å²) >= 11 is 0. The molecule has 1 aromatic heterocycles. The molecular weight excluding hydrogens is 240 g/mol. The quantitative estimate of drug-likeness (QED) is 0.795. The average Bonchev–Trinajstić information content (AvgIpc) is 2.65. The van der Waals surface area contributed by atoms with Gasteiger partial charge in [-0.05, 0) is 19.8 Å². The molecule has 0 bridgehead atoms. The lowest BCUT2D eigenvalue weighted by Crippen LogP contribution is -2.30. The number of hydrogen-bond donors (Lipinski definition) is 1. The highest BCUT2D eigenvalue weighted by Gasteiger charge is 2.18. The maximum absolute atomic E-state index is 11.6. The lowest BCUT2D eigenvalue weighted by molar-refractivity contribution is 0.538. The second kappa shape index (κ2) is 6.11. The molecule has 0 saturated carbocycles. The molecule has 17 heavy (non-hydrogen) atoms. The van der Waals surface area contributed by atoms with Gasteiger partial charge in [-0.3, -0.25) is 0 Å². The number of hydrogen-bond acceptors (Lipinski definition) is 4. The molecule has 0 aliphatic rings. The molecule has 0 radical (unpaired) electrons. The van der Waals surface area contributed by atoms with Crippen LogP contribution in [0.2, 0.25) is 0 Å². The lowest BCUT2D eigenvalue weighted by atomic mass is 10.3. The molecule has 1 rings (SSSR count). The van der Waals surface area contributed by atoms with E-state index in [4.69, 9.17) is 0 Å². The van der Waals surface area contributed by atoms with Crippen LogP contribution in [-0.4, -0.2) is 28.9 Å². The third-order valence-corrected chi connectivity index (χ3v) is 3.98. The van der Waals surface area contributed by atoms with Gasteiger partial charge in [0.25, 0.3) is 0 Å². The molecule has 1 N–H and O–H groups in total. The van der Waals surface area contributed by atoms with E-state index in [-0.39, 0.29) is 11.8 Å². The van der Waals surface area contributed by atoms with Crippen LogP contribution in [0.1, 0.15) is 45.5 Å². The van der Waals surface area contributed by atoms with Crippen molar-refractivity contribution in [2.75, 3.05) is 5.75 Å². The van der Waals surface area contributed by atoms with Crippen LogP contribution in [0.4, 0.5) is 0 Å². The van der Waals surface area contributed by atoms with Crippen LogP contribution in [0.25, 0.3) is 0 Å². The first-order valence-corrected chi connectivity index (χ1v) is 7.53. The Morgan fingerprint density at radius 1 is 1.41 bits per heavy atom. The van der Waals surface area contributed by atoms with Crippen molar-refractivity contribution in [1.29, 1.82) is 0 Å². The molecule has 0 unspecified atom stereocenters. The molecular formula is C10H20N4O2S. The summed E-state index contributed by atoms with van der Waals surface area (Å²) in [6, 6.07) is -0.347. The average molecular weight is 260 g/mol. The predicted molar refractivity (Wildman–Crippen MR) is 65.9 cm³/mol. The fourth-order valence-electron chi connectivity index (χ4n) is 1.66. The maximum atomic E-state index is 11.6. The van der Waals surface area contributed by atoms with Crippen molar-refractivity contribution < 1.29 is 8.42 Å². The zero-order valence-corrected chi connectivity index (χ0v) is 11.4. The zero-order chi connectivity index (χ0) is 12.9. The van der Waals surface area contributed by atoms with Gasteiger partial charge in [0.2, 0.25) is 10.0 Å². The molecule has 1 atom stereocenters. The molecule has 0 spiro atoms. The van der Waals surface area contributed by atoms with Gasteiger partial charge in [0.1, 0.15) is 6.33 Å². The molecule has 1 aromatic rings. The number of sulfonamides is 1. The molecule has 6 nitrogen and oxygen atoms in total. The van der Waals surface area contributed by atoms with E-state index in [1.165, 1.54) is 0 Å². The first kappa shape index (κ1) is 14.1. The van der Waals surface area contributed by atoms with Crippen molar-refractivity contribution in [2.45, 2.75) is 46.2 Å². The summed E-state index contributed by atoms with van der Waals surface area (Å²) in [6.45, 7) is 6.46. The van der Waals surface area contributed by atoms with Gasteiger partial charge < -0.3 is 4.57 Å². The van der Waals surface area contributed by atoms with E-state index in [9.17, 15) is 8.42 Å². The van der Waals surface area contributed by atoms with E-state index in [1.807, 2.05) is 11.5 Å². The van der Waals surface area contributed by atoms with Gasteiger partial charge >= 0.3 is 0 Å². The van der Waals surface area contributed by atoms with Crippen molar-refractivity contribution in [3.63, 3.8) is 0 Å². The van der Waals surface area contributed by atoms with Gasteiger partial charge in [0.15, 0.2) is 5.82 Å². The minimum Gasteiger partial charge on any atom is -0.316 e. The van der Waals surface area contributed by atoms with Crippen molar-refractivity contribution >= 4 is 10.0 Å². The Balaban J connectivity index is 2.76. The monoisotopic (exact) mass is 260 g/mol. The normalized spacial score (nSPS) is 13.8. The van der Waals surface area contributed by atoms with Gasteiger partial charge in [-0.1, -0.05) is 13.8 Å². The molecule has 0 fully saturated rings. The molecule has 0 amide bonds. The summed E-state index contributed by atoms with van der Waals surface area (Å²) in [5.41, 5.74) is 0. The number of aromatic nitrogens is 3. The standard InChI is InChI=1S/C10H20N4O2S/c1-4-6-14-8-11-12-10(14)9(3)13-17(15,16)7-5-2/h8-9,13H,4-7H2,1-3H3/t9-/m0/s1. The van der Waals surface area contributed by atoms with Crippen LogP contribution in [0.15, 0.2) is 6.33 Å². The van der Waals surface area contributed by atoms with E-state index >= 15 is 0 Å². The number of rotatable bonds is 7. The number of nitrogens with zero attached hydrogens (tertiary/aromatic N) is 3. The smallest absolute Gasteiger partial charge is 0.212 e. The minimum atomic E-state index is -3.22. The second-order valence-corrected chi connectivity index (χ2v) is 5.91. The fraction of sp³-hybridized carbons (Fsp3) is 0.800. The Bertz CT molecular complexity index is 441. The van der Waals surface area contributed by atoms with Gasteiger partial charge in [-0.25, -0.2) is 13.1 Å². The van der Waals surface area contributed by atoms with Gasteiger partial charge in [-0.15, -0.1) is 10.2 Å². The Hall–Kier alpha value is -0.950. The topological polar surface area (TPSA) is 76.9 Å². The number of aryl methyl sites for hydroxylation is 1. The van der Waals surface area contributed by atoms with Gasteiger partial charge in [0.05, 0.1) is 11.8 Å². The first-order valence-electron chi connectivity index (χ1n) is 5.87. The van der Waals surface area contributed by atoms with Crippen molar-refractivity contribution in [1.82, 2.24) is 19.5 Å². The molecule has 0 saturated heterocycles. The van der Waals surface area contributed by atoms with Crippen molar-refractivity contribution in [3.05, 3.63) is 12.2 Å². The third kappa shape index (κ3) is 4.08. The largest absolute Gasteiger partial charge is 0.316 e. The molecule has 7 heteroatoms. The Labute approximate surface area is 102 Å². The van der Waals surface area contributed by atoms with E-state index in [0.717, 1.165) is 13.0 Å².